The van der Waals surface area contributed by atoms with Crippen molar-refractivity contribution < 1.29 is 4.79 Å². The summed E-state index contributed by atoms with van der Waals surface area (Å²) in [5.74, 6) is 1.50. The largest absolute Gasteiger partial charge is 0.341 e. The average molecular weight is 242 g/mol. The molecule has 1 atom stereocenters. The fourth-order valence-electron chi connectivity index (χ4n) is 2.25. The summed E-state index contributed by atoms with van der Waals surface area (Å²) in [5.41, 5.74) is 0. The third kappa shape index (κ3) is 3.39. The van der Waals surface area contributed by atoms with Crippen LogP contribution in [0.5, 0.6) is 0 Å². The lowest BCUT2D eigenvalue weighted by Gasteiger charge is -2.32. The molecule has 0 aromatic carbocycles. The molecular formula is C12H22N2OS. The van der Waals surface area contributed by atoms with Gasteiger partial charge in [-0.05, 0) is 44.1 Å². The van der Waals surface area contributed by atoms with Crippen molar-refractivity contribution in [3.63, 3.8) is 0 Å². The van der Waals surface area contributed by atoms with E-state index >= 15 is 0 Å². The first-order chi connectivity index (χ1) is 7.81. The second kappa shape index (κ2) is 5.92. The molecule has 2 fully saturated rings. The summed E-state index contributed by atoms with van der Waals surface area (Å²) in [7, 11) is 0. The summed E-state index contributed by atoms with van der Waals surface area (Å²) in [5, 5.41) is 3.47. The topological polar surface area (TPSA) is 32.3 Å². The lowest BCUT2D eigenvalue weighted by Crippen LogP contribution is -2.51. The number of nitrogens with zero attached hydrogens (tertiary/aromatic N) is 1. The van der Waals surface area contributed by atoms with Gasteiger partial charge in [0, 0.05) is 19.1 Å². The Kier molecular flexibility index (Phi) is 4.53. The molecule has 0 bridgehead atoms. The van der Waals surface area contributed by atoms with Crippen molar-refractivity contribution in [3.8, 4) is 0 Å². The van der Waals surface area contributed by atoms with E-state index in [1.165, 1.54) is 12.8 Å². The van der Waals surface area contributed by atoms with E-state index in [1.54, 1.807) is 0 Å². The van der Waals surface area contributed by atoms with Gasteiger partial charge in [-0.3, -0.25) is 4.79 Å². The van der Waals surface area contributed by atoms with Crippen molar-refractivity contribution in [3.05, 3.63) is 0 Å². The second-order valence-corrected chi connectivity index (χ2v) is 5.79. The SMILES string of the molecule is CSCCCN1CCCC(NC2CC2)C1=O. The van der Waals surface area contributed by atoms with Gasteiger partial charge in [-0.15, -0.1) is 0 Å². The predicted octanol–water partition coefficient (Wildman–Crippen LogP) is 1.48. The molecule has 2 rings (SSSR count). The summed E-state index contributed by atoms with van der Waals surface area (Å²) >= 11 is 1.86. The molecule has 0 radical (unpaired) electrons. The molecule has 2 aliphatic rings. The highest BCUT2D eigenvalue weighted by Gasteiger charge is 2.32. The van der Waals surface area contributed by atoms with Crippen LogP contribution in [-0.2, 0) is 4.79 Å². The number of rotatable bonds is 6. The standard InChI is InChI=1S/C12H22N2OS/c1-16-9-3-8-14-7-2-4-11(12(14)15)13-10-5-6-10/h10-11,13H,2-9H2,1H3. The normalized spacial score (nSPS) is 26.2. The van der Waals surface area contributed by atoms with E-state index in [0.717, 1.165) is 38.1 Å². The number of amides is 1. The van der Waals surface area contributed by atoms with Gasteiger partial charge in [0.15, 0.2) is 0 Å². The average Bonchev–Trinajstić information content (AvgIpc) is 3.08. The zero-order chi connectivity index (χ0) is 11.4. The number of hydrogen-bond acceptors (Lipinski definition) is 3. The van der Waals surface area contributed by atoms with Crippen molar-refractivity contribution in [1.29, 1.82) is 0 Å². The van der Waals surface area contributed by atoms with Crippen LogP contribution < -0.4 is 5.32 Å². The maximum absolute atomic E-state index is 12.1. The molecule has 0 spiro atoms. The van der Waals surface area contributed by atoms with Gasteiger partial charge in [0.2, 0.25) is 5.91 Å². The Labute approximate surface area is 102 Å². The fraction of sp³-hybridized carbons (Fsp3) is 0.917. The minimum absolute atomic E-state index is 0.121. The Morgan fingerprint density at radius 3 is 2.94 bits per heavy atom. The van der Waals surface area contributed by atoms with Gasteiger partial charge in [0.25, 0.3) is 0 Å². The first-order valence-electron chi connectivity index (χ1n) is 6.35. The van der Waals surface area contributed by atoms with E-state index in [2.05, 4.69) is 16.5 Å². The molecule has 4 heteroatoms. The molecule has 1 saturated carbocycles. The van der Waals surface area contributed by atoms with E-state index in [-0.39, 0.29) is 6.04 Å². The van der Waals surface area contributed by atoms with Crippen LogP contribution in [0.15, 0.2) is 0 Å². The molecule has 1 saturated heterocycles. The maximum Gasteiger partial charge on any atom is 0.239 e. The number of hydrogen-bond donors (Lipinski definition) is 1. The smallest absolute Gasteiger partial charge is 0.239 e. The number of carbonyl (C=O) groups is 1. The van der Waals surface area contributed by atoms with E-state index in [9.17, 15) is 4.79 Å². The Hall–Kier alpha value is -0.220. The lowest BCUT2D eigenvalue weighted by molar-refractivity contribution is -0.136. The number of carbonyl (C=O) groups excluding carboxylic acids is 1. The molecule has 16 heavy (non-hydrogen) atoms. The zero-order valence-electron chi connectivity index (χ0n) is 10.1. The van der Waals surface area contributed by atoms with Gasteiger partial charge in [-0.1, -0.05) is 0 Å². The summed E-state index contributed by atoms with van der Waals surface area (Å²) in [6.07, 6.45) is 7.97. The zero-order valence-corrected chi connectivity index (χ0v) is 10.9. The molecule has 0 aromatic heterocycles. The first-order valence-corrected chi connectivity index (χ1v) is 7.74. The molecule has 92 valence electrons. The number of thioether (sulfide) groups is 1. The van der Waals surface area contributed by atoms with Crippen molar-refractivity contribution in [2.45, 2.75) is 44.2 Å². The fourth-order valence-corrected chi connectivity index (χ4v) is 2.67. The Morgan fingerprint density at radius 1 is 1.44 bits per heavy atom. The quantitative estimate of drug-likeness (QED) is 0.716. The van der Waals surface area contributed by atoms with Gasteiger partial charge in [0.05, 0.1) is 6.04 Å². The molecule has 1 unspecified atom stereocenters. The monoisotopic (exact) mass is 242 g/mol. The van der Waals surface area contributed by atoms with Crippen LogP contribution >= 0.6 is 11.8 Å². The maximum atomic E-state index is 12.1. The first kappa shape index (κ1) is 12.2. The minimum atomic E-state index is 0.121. The van der Waals surface area contributed by atoms with E-state index in [1.807, 2.05) is 11.8 Å². The van der Waals surface area contributed by atoms with E-state index in [4.69, 9.17) is 0 Å². The number of piperidine rings is 1. The van der Waals surface area contributed by atoms with Crippen molar-refractivity contribution in [2.75, 3.05) is 25.1 Å². The molecule has 1 aliphatic heterocycles. The van der Waals surface area contributed by atoms with Crippen molar-refractivity contribution in [2.24, 2.45) is 0 Å². The van der Waals surface area contributed by atoms with Gasteiger partial charge >= 0.3 is 0 Å². The molecule has 3 nitrogen and oxygen atoms in total. The number of nitrogens with one attached hydrogen (secondary N) is 1. The van der Waals surface area contributed by atoms with Gasteiger partial charge in [0.1, 0.15) is 0 Å². The summed E-state index contributed by atoms with van der Waals surface area (Å²) in [4.78, 5) is 14.2. The van der Waals surface area contributed by atoms with Crippen LogP contribution in [0.3, 0.4) is 0 Å². The van der Waals surface area contributed by atoms with Crippen LogP contribution in [0, 0.1) is 0 Å². The molecule has 0 aromatic rings. The Balaban J connectivity index is 1.76. The highest BCUT2D eigenvalue weighted by atomic mass is 32.2. The van der Waals surface area contributed by atoms with E-state index in [0.29, 0.717) is 11.9 Å². The molecular weight excluding hydrogens is 220 g/mol. The van der Waals surface area contributed by atoms with Crippen molar-refractivity contribution >= 4 is 17.7 Å². The minimum Gasteiger partial charge on any atom is -0.341 e. The lowest BCUT2D eigenvalue weighted by atomic mass is 10.0. The molecule has 1 amide bonds. The van der Waals surface area contributed by atoms with E-state index < -0.39 is 0 Å². The summed E-state index contributed by atoms with van der Waals surface area (Å²) < 4.78 is 0. The molecule has 1 heterocycles. The van der Waals surface area contributed by atoms with Crippen LogP contribution in [-0.4, -0.2) is 48.0 Å². The molecule has 1 N–H and O–H groups in total. The van der Waals surface area contributed by atoms with Crippen LogP contribution in [0.4, 0.5) is 0 Å². The Morgan fingerprint density at radius 2 is 2.25 bits per heavy atom. The third-order valence-electron chi connectivity index (χ3n) is 3.32. The highest BCUT2D eigenvalue weighted by molar-refractivity contribution is 7.98. The summed E-state index contributed by atoms with van der Waals surface area (Å²) in [6.45, 7) is 1.92. The summed E-state index contributed by atoms with van der Waals surface area (Å²) in [6, 6.07) is 0.760. The van der Waals surface area contributed by atoms with Crippen molar-refractivity contribution in [1.82, 2.24) is 10.2 Å². The Bertz CT molecular complexity index is 243. The second-order valence-electron chi connectivity index (χ2n) is 4.81. The van der Waals surface area contributed by atoms with Crippen LogP contribution in [0.2, 0.25) is 0 Å². The predicted molar refractivity (Wildman–Crippen MR) is 68.8 cm³/mol. The van der Waals surface area contributed by atoms with Crippen LogP contribution in [0.1, 0.15) is 32.1 Å². The van der Waals surface area contributed by atoms with Gasteiger partial charge in [-0.2, -0.15) is 11.8 Å². The van der Waals surface area contributed by atoms with Gasteiger partial charge in [-0.25, -0.2) is 0 Å². The third-order valence-corrected chi connectivity index (χ3v) is 4.02. The molecule has 1 aliphatic carbocycles. The number of likely N-dealkylation sites (tertiary alicyclic amines) is 1. The van der Waals surface area contributed by atoms with Gasteiger partial charge < -0.3 is 10.2 Å². The highest BCUT2D eigenvalue weighted by Crippen LogP contribution is 2.22. The van der Waals surface area contributed by atoms with Crippen LogP contribution in [0.25, 0.3) is 0 Å².